The van der Waals surface area contributed by atoms with E-state index < -0.39 is 30.6 Å². The maximum atomic E-state index is 13.7. The average molecular weight is 339 g/mol. The molecular formula is C12H18FNO5S2. The van der Waals surface area contributed by atoms with Gasteiger partial charge in [0.1, 0.15) is 10.7 Å². The van der Waals surface area contributed by atoms with Crippen molar-refractivity contribution in [2.24, 2.45) is 0 Å². The van der Waals surface area contributed by atoms with E-state index in [-0.39, 0.29) is 17.5 Å². The minimum atomic E-state index is -4.16. The van der Waals surface area contributed by atoms with Crippen LogP contribution < -0.4 is 4.72 Å². The van der Waals surface area contributed by atoms with Gasteiger partial charge in [-0.3, -0.25) is 0 Å². The first-order chi connectivity index (χ1) is 9.58. The van der Waals surface area contributed by atoms with Gasteiger partial charge in [0.05, 0.1) is 11.0 Å². The van der Waals surface area contributed by atoms with Gasteiger partial charge in [0.2, 0.25) is 10.0 Å². The summed E-state index contributed by atoms with van der Waals surface area (Å²) >= 11 is 0. The Kier molecular flexibility index (Phi) is 5.85. The summed E-state index contributed by atoms with van der Waals surface area (Å²) in [4.78, 5) is -0.962. The molecule has 0 aromatic heterocycles. The van der Waals surface area contributed by atoms with Crippen molar-refractivity contribution in [3.8, 4) is 0 Å². The maximum absolute atomic E-state index is 13.7. The van der Waals surface area contributed by atoms with Crippen LogP contribution in [0, 0.1) is 5.82 Å². The largest absolute Gasteiger partial charge is 0.377 e. The molecule has 0 radical (unpaired) electrons. The normalized spacial score (nSPS) is 14.1. The molecule has 0 aliphatic heterocycles. The molecule has 120 valence electrons. The van der Waals surface area contributed by atoms with E-state index in [9.17, 15) is 21.2 Å². The fraction of sp³-hybridized carbons (Fsp3) is 0.500. The molecule has 1 atom stereocenters. The lowest BCUT2D eigenvalue weighted by molar-refractivity contribution is 0.0799. The van der Waals surface area contributed by atoms with E-state index in [1.165, 1.54) is 0 Å². The van der Waals surface area contributed by atoms with Crippen LogP contribution in [-0.4, -0.2) is 42.3 Å². The Morgan fingerprint density at radius 2 is 1.90 bits per heavy atom. The predicted molar refractivity (Wildman–Crippen MR) is 75.8 cm³/mol. The van der Waals surface area contributed by atoms with Gasteiger partial charge in [0.25, 0.3) is 0 Å². The summed E-state index contributed by atoms with van der Waals surface area (Å²) in [7, 11) is -7.78. The minimum Gasteiger partial charge on any atom is -0.377 e. The zero-order chi connectivity index (χ0) is 16.3. The Morgan fingerprint density at radius 3 is 2.43 bits per heavy atom. The van der Waals surface area contributed by atoms with Crippen molar-refractivity contribution in [2.75, 3.05) is 19.4 Å². The standard InChI is InChI=1S/C12H18FNO5S2/c1-4-19-9(2)8-14-21(17,18)12-7-10(20(3,15)16)5-6-11(12)13/h5-7,9,14H,4,8H2,1-3H3. The maximum Gasteiger partial charge on any atom is 0.243 e. The number of hydrogen-bond donors (Lipinski definition) is 1. The first-order valence-electron chi connectivity index (χ1n) is 6.18. The van der Waals surface area contributed by atoms with E-state index >= 15 is 0 Å². The van der Waals surface area contributed by atoms with Crippen molar-refractivity contribution in [3.05, 3.63) is 24.0 Å². The van der Waals surface area contributed by atoms with E-state index in [1.807, 2.05) is 0 Å². The van der Waals surface area contributed by atoms with Gasteiger partial charge in [0.15, 0.2) is 9.84 Å². The van der Waals surface area contributed by atoms with Crippen LogP contribution in [0.15, 0.2) is 28.0 Å². The van der Waals surface area contributed by atoms with E-state index in [4.69, 9.17) is 4.74 Å². The third kappa shape index (κ3) is 5.03. The first kappa shape index (κ1) is 18.0. The van der Waals surface area contributed by atoms with Gasteiger partial charge in [-0.25, -0.2) is 25.9 Å². The third-order valence-corrected chi connectivity index (χ3v) is 5.18. The Labute approximate surface area is 124 Å². The van der Waals surface area contributed by atoms with Crippen LogP contribution in [0.3, 0.4) is 0 Å². The zero-order valence-electron chi connectivity index (χ0n) is 12.0. The third-order valence-electron chi connectivity index (χ3n) is 2.63. The van der Waals surface area contributed by atoms with E-state index in [1.54, 1.807) is 13.8 Å². The van der Waals surface area contributed by atoms with Crippen LogP contribution in [0.1, 0.15) is 13.8 Å². The van der Waals surface area contributed by atoms with Crippen LogP contribution >= 0.6 is 0 Å². The number of ether oxygens (including phenoxy) is 1. The van der Waals surface area contributed by atoms with Crippen LogP contribution in [0.2, 0.25) is 0 Å². The monoisotopic (exact) mass is 339 g/mol. The molecule has 0 aliphatic carbocycles. The van der Waals surface area contributed by atoms with Crippen molar-refractivity contribution < 1.29 is 26.0 Å². The summed E-state index contributed by atoms with van der Waals surface area (Å²) in [5.74, 6) is -1.01. The van der Waals surface area contributed by atoms with Crippen molar-refractivity contribution in [2.45, 2.75) is 29.7 Å². The van der Waals surface area contributed by atoms with Crippen LogP contribution in [0.5, 0.6) is 0 Å². The summed E-state index contributed by atoms with van der Waals surface area (Å²) in [6.07, 6.45) is 0.534. The molecule has 0 bridgehead atoms. The molecule has 1 aromatic rings. The van der Waals surface area contributed by atoms with Crippen molar-refractivity contribution in [1.82, 2.24) is 4.72 Å². The summed E-state index contributed by atoms with van der Waals surface area (Å²) < 4.78 is 67.9. The molecule has 0 saturated carbocycles. The summed E-state index contributed by atoms with van der Waals surface area (Å²) in [5, 5.41) is 0. The number of benzene rings is 1. The van der Waals surface area contributed by atoms with Gasteiger partial charge in [-0.15, -0.1) is 0 Å². The lowest BCUT2D eigenvalue weighted by Crippen LogP contribution is -2.32. The number of halogens is 1. The molecule has 21 heavy (non-hydrogen) atoms. The van der Waals surface area contributed by atoms with Gasteiger partial charge in [0, 0.05) is 19.4 Å². The molecule has 0 amide bonds. The van der Waals surface area contributed by atoms with E-state index in [0.29, 0.717) is 6.61 Å². The Hall–Kier alpha value is -1.03. The lowest BCUT2D eigenvalue weighted by Gasteiger charge is -2.13. The molecule has 0 saturated heterocycles. The topological polar surface area (TPSA) is 89.5 Å². The first-order valence-corrected chi connectivity index (χ1v) is 9.56. The minimum absolute atomic E-state index is 0.0429. The van der Waals surface area contributed by atoms with Crippen molar-refractivity contribution in [1.29, 1.82) is 0 Å². The van der Waals surface area contributed by atoms with Gasteiger partial charge < -0.3 is 4.74 Å². The molecule has 0 spiro atoms. The number of sulfone groups is 1. The fourth-order valence-electron chi connectivity index (χ4n) is 1.57. The molecular weight excluding hydrogens is 321 g/mol. The second kappa shape index (κ2) is 6.82. The second-order valence-electron chi connectivity index (χ2n) is 4.48. The SMILES string of the molecule is CCOC(C)CNS(=O)(=O)c1cc(S(C)(=O)=O)ccc1F. The van der Waals surface area contributed by atoms with Gasteiger partial charge in [-0.05, 0) is 32.0 Å². The Bertz CT molecular complexity index is 700. The number of nitrogens with one attached hydrogen (secondary N) is 1. The van der Waals surface area contributed by atoms with Gasteiger partial charge >= 0.3 is 0 Å². The summed E-state index contributed by atoms with van der Waals surface area (Å²) in [6, 6.07) is 2.64. The summed E-state index contributed by atoms with van der Waals surface area (Å²) in [5.41, 5.74) is 0. The highest BCUT2D eigenvalue weighted by Crippen LogP contribution is 2.19. The van der Waals surface area contributed by atoms with Crippen LogP contribution in [-0.2, 0) is 24.6 Å². The fourth-order valence-corrected chi connectivity index (χ4v) is 3.51. The quantitative estimate of drug-likeness (QED) is 0.747. The zero-order valence-corrected chi connectivity index (χ0v) is 13.6. The lowest BCUT2D eigenvalue weighted by atomic mass is 10.3. The molecule has 0 aliphatic rings. The summed E-state index contributed by atoms with van der Waals surface area (Å²) in [6.45, 7) is 3.80. The van der Waals surface area contributed by atoms with E-state index in [2.05, 4.69) is 4.72 Å². The molecule has 0 heterocycles. The van der Waals surface area contributed by atoms with Gasteiger partial charge in [-0.1, -0.05) is 0 Å². The highest BCUT2D eigenvalue weighted by Gasteiger charge is 2.22. The number of hydrogen-bond acceptors (Lipinski definition) is 5. The molecule has 9 heteroatoms. The molecule has 1 unspecified atom stereocenters. The number of sulfonamides is 1. The van der Waals surface area contributed by atoms with Crippen molar-refractivity contribution in [3.63, 3.8) is 0 Å². The van der Waals surface area contributed by atoms with Gasteiger partial charge in [-0.2, -0.15) is 0 Å². The number of rotatable bonds is 7. The molecule has 6 nitrogen and oxygen atoms in total. The highest BCUT2D eigenvalue weighted by atomic mass is 32.2. The molecule has 1 aromatic carbocycles. The van der Waals surface area contributed by atoms with E-state index in [0.717, 1.165) is 24.5 Å². The van der Waals surface area contributed by atoms with Crippen molar-refractivity contribution >= 4 is 19.9 Å². The Morgan fingerprint density at radius 1 is 1.29 bits per heavy atom. The highest BCUT2D eigenvalue weighted by molar-refractivity contribution is 7.91. The second-order valence-corrected chi connectivity index (χ2v) is 8.23. The molecule has 1 N–H and O–H groups in total. The predicted octanol–water partition coefficient (Wildman–Crippen LogP) is 0.932. The molecule has 1 rings (SSSR count). The molecule has 0 fully saturated rings. The van der Waals surface area contributed by atoms with Crippen LogP contribution in [0.4, 0.5) is 4.39 Å². The average Bonchev–Trinajstić information content (AvgIpc) is 2.36. The Balaban J connectivity index is 3.08. The van der Waals surface area contributed by atoms with Crippen LogP contribution in [0.25, 0.3) is 0 Å². The smallest absolute Gasteiger partial charge is 0.243 e.